The zero-order valence-electron chi connectivity index (χ0n) is 10.1. The van der Waals surface area contributed by atoms with E-state index in [0.717, 1.165) is 23.3 Å². The van der Waals surface area contributed by atoms with E-state index in [9.17, 15) is 13.2 Å². The number of halogens is 4. The Morgan fingerprint density at radius 2 is 1.79 bits per heavy atom. The van der Waals surface area contributed by atoms with Gasteiger partial charge in [-0.25, -0.2) is 13.2 Å². The summed E-state index contributed by atoms with van der Waals surface area (Å²) < 4.78 is 39.2. The third-order valence-corrected chi connectivity index (χ3v) is 3.06. The van der Waals surface area contributed by atoms with E-state index < -0.39 is 17.5 Å². The molecule has 1 nitrogen and oxygen atoms in total. The van der Waals surface area contributed by atoms with Crippen molar-refractivity contribution in [2.45, 2.75) is 13.5 Å². The maximum atomic E-state index is 13.4. The lowest BCUT2D eigenvalue weighted by molar-refractivity contribution is 0.449. The van der Waals surface area contributed by atoms with Gasteiger partial charge in [-0.3, -0.25) is 0 Å². The van der Waals surface area contributed by atoms with Gasteiger partial charge in [0, 0.05) is 11.6 Å². The van der Waals surface area contributed by atoms with Crippen molar-refractivity contribution in [2.75, 3.05) is 5.32 Å². The summed E-state index contributed by atoms with van der Waals surface area (Å²) in [6, 6.07) is 7.46. The summed E-state index contributed by atoms with van der Waals surface area (Å²) in [5.41, 5.74) is 1.65. The van der Waals surface area contributed by atoms with Gasteiger partial charge in [0.05, 0.1) is 5.69 Å². The molecule has 0 aromatic heterocycles. The minimum Gasteiger partial charge on any atom is -0.378 e. The van der Waals surface area contributed by atoms with E-state index >= 15 is 0 Å². The summed E-state index contributed by atoms with van der Waals surface area (Å²) in [5, 5.41) is 3.23. The first-order valence-electron chi connectivity index (χ1n) is 5.61. The van der Waals surface area contributed by atoms with Crippen LogP contribution in [0.3, 0.4) is 0 Å². The summed E-state index contributed by atoms with van der Waals surface area (Å²) >= 11 is 6.02. The van der Waals surface area contributed by atoms with Crippen LogP contribution in [0.15, 0.2) is 30.3 Å². The van der Waals surface area contributed by atoms with E-state index in [-0.39, 0.29) is 12.2 Å². The molecular weight excluding hydrogens is 275 g/mol. The van der Waals surface area contributed by atoms with E-state index in [1.807, 2.05) is 13.0 Å². The average molecular weight is 286 g/mol. The molecule has 0 aliphatic carbocycles. The summed E-state index contributed by atoms with van der Waals surface area (Å²) in [4.78, 5) is 0. The molecule has 0 fully saturated rings. The SMILES string of the molecule is Cc1ccc(CNc2ccc(F)c(F)c2F)c(Cl)c1. The number of anilines is 1. The summed E-state index contributed by atoms with van der Waals surface area (Å²) in [5.74, 6) is -3.93. The number of rotatable bonds is 3. The van der Waals surface area contributed by atoms with Crippen LogP contribution in [0.25, 0.3) is 0 Å². The largest absolute Gasteiger partial charge is 0.378 e. The summed E-state index contributed by atoms with van der Waals surface area (Å²) in [6.07, 6.45) is 0. The minimum absolute atomic E-state index is 0.101. The van der Waals surface area contributed by atoms with Gasteiger partial charge in [-0.15, -0.1) is 0 Å². The monoisotopic (exact) mass is 285 g/mol. The Morgan fingerprint density at radius 3 is 2.47 bits per heavy atom. The standard InChI is InChI=1S/C14H11ClF3N/c1-8-2-3-9(10(15)6-8)7-19-12-5-4-11(16)13(17)14(12)18/h2-6,19H,7H2,1H3. The Balaban J connectivity index is 2.17. The Labute approximate surface area is 114 Å². The van der Waals surface area contributed by atoms with Crippen molar-refractivity contribution in [2.24, 2.45) is 0 Å². The third kappa shape index (κ3) is 3.01. The van der Waals surface area contributed by atoms with E-state index in [4.69, 9.17) is 11.6 Å². The fraction of sp³-hybridized carbons (Fsp3) is 0.143. The van der Waals surface area contributed by atoms with E-state index in [0.29, 0.717) is 5.02 Å². The first kappa shape index (κ1) is 13.7. The molecule has 0 amide bonds. The lowest BCUT2D eigenvalue weighted by Gasteiger charge is -2.10. The van der Waals surface area contributed by atoms with E-state index in [1.54, 1.807) is 12.1 Å². The van der Waals surface area contributed by atoms with Gasteiger partial charge in [0.15, 0.2) is 17.5 Å². The molecule has 2 rings (SSSR count). The second-order valence-electron chi connectivity index (χ2n) is 4.17. The molecule has 1 N–H and O–H groups in total. The number of nitrogens with one attached hydrogen (secondary N) is 1. The molecule has 0 aliphatic rings. The molecule has 2 aromatic rings. The summed E-state index contributed by atoms with van der Waals surface area (Å²) in [7, 11) is 0. The van der Waals surface area contributed by atoms with Gasteiger partial charge in [-0.2, -0.15) is 0 Å². The predicted molar refractivity (Wildman–Crippen MR) is 69.8 cm³/mol. The molecular formula is C14H11ClF3N. The van der Waals surface area contributed by atoms with Crippen LogP contribution in [-0.2, 0) is 6.54 Å². The van der Waals surface area contributed by atoms with Crippen LogP contribution in [0.2, 0.25) is 5.02 Å². The van der Waals surface area contributed by atoms with E-state index in [2.05, 4.69) is 5.32 Å². The fourth-order valence-corrected chi connectivity index (χ4v) is 1.95. The Morgan fingerprint density at radius 1 is 1.05 bits per heavy atom. The van der Waals surface area contributed by atoms with Crippen molar-refractivity contribution >= 4 is 17.3 Å². The molecule has 0 bridgehead atoms. The number of hydrogen-bond acceptors (Lipinski definition) is 1. The number of hydrogen-bond donors (Lipinski definition) is 1. The number of aryl methyl sites for hydroxylation is 1. The van der Waals surface area contributed by atoms with Gasteiger partial charge in [0.2, 0.25) is 0 Å². The van der Waals surface area contributed by atoms with Gasteiger partial charge in [-0.1, -0.05) is 23.7 Å². The fourth-order valence-electron chi connectivity index (χ4n) is 1.65. The van der Waals surface area contributed by atoms with Gasteiger partial charge in [-0.05, 0) is 36.2 Å². The zero-order chi connectivity index (χ0) is 14.0. The van der Waals surface area contributed by atoms with Crippen molar-refractivity contribution in [1.29, 1.82) is 0 Å². The minimum atomic E-state index is -1.49. The summed E-state index contributed by atoms with van der Waals surface area (Å²) in [6.45, 7) is 2.12. The predicted octanol–water partition coefficient (Wildman–Crippen LogP) is 4.68. The highest BCUT2D eigenvalue weighted by Gasteiger charge is 2.13. The van der Waals surface area contributed by atoms with Crippen LogP contribution in [0, 0.1) is 24.4 Å². The number of benzene rings is 2. The van der Waals surface area contributed by atoms with Crippen molar-refractivity contribution in [3.8, 4) is 0 Å². The van der Waals surface area contributed by atoms with Crippen LogP contribution < -0.4 is 5.32 Å². The third-order valence-electron chi connectivity index (χ3n) is 2.71. The van der Waals surface area contributed by atoms with Gasteiger partial charge in [0.25, 0.3) is 0 Å². The van der Waals surface area contributed by atoms with Crippen LogP contribution in [0.1, 0.15) is 11.1 Å². The molecule has 0 spiro atoms. The Hall–Kier alpha value is -1.68. The van der Waals surface area contributed by atoms with Crippen LogP contribution >= 0.6 is 11.6 Å². The molecule has 0 unspecified atom stereocenters. The maximum Gasteiger partial charge on any atom is 0.196 e. The quantitative estimate of drug-likeness (QED) is 0.808. The lowest BCUT2D eigenvalue weighted by Crippen LogP contribution is -2.04. The highest BCUT2D eigenvalue weighted by Crippen LogP contribution is 2.22. The zero-order valence-corrected chi connectivity index (χ0v) is 10.9. The molecule has 0 saturated carbocycles. The molecule has 100 valence electrons. The van der Waals surface area contributed by atoms with Crippen LogP contribution in [0.4, 0.5) is 18.9 Å². The molecule has 19 heavy (non-hydrogen) atoms. The normalized spacial score (nSPS) is 10.6. The van der Waals surface area contributed by atoms with Crippen molar-refractivity contribution in [3.63, 3.8) is 0 Å². The van der Waals surface area contributed by atoms with Gasteiger partial charge < -0.3 is 5.32 Å². The maximum absolute atomic E-state index is 13.4. The average Bonchev–Trinajstić information content (AvgIpc) is 2.37. The van der Waals surface area contributed by atoms with Crippen molar-refractivity contribution in [1.82, 2.24) is 0 Å². The topological polar surface area (TPSA) is 12.0 Å². The molecule has 0 aliphatic heterocycles. The molecule has 2 aromatic carbocycles. The van der Waals surface area contributed by atoms with Gasteiger partial charge in [0.1, 0.15) is 0 Å². The molecule has 0 atom stereocenters. The van der Waals surface area contributed by atoms with Crippen LogP contribution in [0.5, 0.6) is 0 Å². The Bertz CT molecular complexity index is 614. The highest BCUT2D eigenvalue weighted by molar-refractivity contribution is 6.31. The molecule has 5 heteroatoms. The molecule has 0 radical (unpaired) electrons. The van der Waals surface area contributed by atoms with Crippen molar-refractivity contribution < 1.29 is 13.2 Å². The lowest BCUT2D eigenvalue weighted by atomic mass is 10.1. The Kier molecular flexibility index (Phi) is 4.00. The second-order valence-corrected chi connectivity index (χ2v) is 4.58. The first-order valence-corrected chi connectivity index (χ1v) is 5.99. The molecule has 0 heterocycles. The smallest absolute Gasteiger partial charge is 0.196 e. The highest BCUT2D eigenvalue weighted by atomic mass is 35.5. The first-order chi connectivity index (χ1) is 8.99. The molecule has 0 saturated heterocycles. The van der Waals surface area contributed by atoms with E-state index in [1.165, 1.54) is 0 Å². The second kappa shape index (κ2) is 5.53. The van der Waals surface area contributed by atoms with Gasteiger partial charge >= 0.3 is 0 Å². The van der Waals surface area contributed by atoms with Crippen LogP contribution in [-0.4, -0.2) is 0 Å². The van der Waals surface area contributed by atoms with Crippen molar-refractivity contribution in [3.05, 3.63) is 63.9 Å².